The standard InChI is InChI=1S/C13H21NO/c1-4-14(5-6-15)10-13-8-11(2)7-12(3)9-13/h7-9,15H,4-6,10H2,1-3H3. The molecule has 0 aliphatic heterocycles. The van der Waals surface area contributed by atoms with Gasteiger partial charge in [0.2, 0.25) is 0 Å². The fourth-order valence-corrected chi connectivity index (χ4v) is 1.91. The van der Waals surface area contributed by atoms with Crippen LogP contribution in [0.25, 0.3) is 0 Å². The number of aryl methyl sites for hydroxylation is 2. The molecule has 0 fully saturated rings. The van der Waals surface area contributed by atoms with Crippen molar-refractivity contribution in [2.45, 2.75) is 27.3 Å². The van der Waals surface area contributed by atoms with E-state index >= 15 is 0 Å². The highest BCUT2D eigenvalue weighted by Gasteiger charge is 2.03. The van der Waals surface area contributed by atoms with Crippen LogP contribution in [-0.4, -0.2) is 29.7 Å². The summed E-state index contributed by atoms with van der Waals surface area (Å²) in [4.78, 5) is 2.24. The summed E-state index contributed by atoms with van der Waals surface area (Å²) >= 11 is 0. The van der Waals surface area contributed by atoms with Gasteiger partial charge in [0.15, 0.2) is 0 Å². The second-order valence-corrected chi connectivity index (χ2v) is 4.09. The maximum atomic E-state index is 8.91. The summed E-state index contributed by atoms with van der Waals surface area (Å²) in [6.45, 7) is 9.27. The van der Waals surface area contributed by atoms with Crippen molar-refractivity contribution in [3.63, 3.8) is 0 Å². The Kier molecular flexibility index (Phi) is 4.79. The van der Waals surface area contributed by atoms with Crippen molar-refractivity contribution in [1.82, 2.24) is 4.90 Å². The molecule has 0 radical (unpaired) electrons. The van der Waals surface area contributed by atoms with Crippen LogP contribution in [0.1, 0.15) is 23.6 Å². The van der Waals surface area contributed by atoms with Crippen molar-refractivity contribution < 1.29 is 5.11 Å². The number of aliphatic hydroxyl groups is 1. The summed E-state index contributed by atoms with van der Waals surface area (Å²) in [6.07, 6.45) is 0. The van der Waals surface area contributed by atoms with Crippen LogP contribution in [0.15, 0.2) is 18.2 Å². The smallest absolute Gasteiger partial charge is 0.0558 e. The molecule has 2 nitrogen and oxygen atoms in total. The van der Waals surface area contributed by atoms with Crippen molar-refractivity contribution in [1.29, 1.82) is 0 Å². The molecule has 0 aliphatic rings. The van der Waals surface area contributed by atoms with Gasteiger partial charge in [0, 0.05) is 13.1 Å². The molecule has 0 amide bonds. The molecule has 1 N–H and O–H groups in total. The maximum absolute atomic E-state index is 8.91. The van der Waals surface area contributed by atoms with E-state index in [9.17, 15) is 0 Å². The molecule has 0 saturated heterocycles. The van der Waals surface area contributed by atoms with E-state index in [1.165, 1.54) is 16.7 Å². The van der Waals surface area contributed by atoms with E-state index in [2.05, 4.69) is 43.9 Å². The molecule has 0 atom stereocenters. The summed E-state index contributed by atoms with van der Waals surface area (Å²) in [6, 6.07) is 6.62. The molecule has 0 bridgehead atoms. The minimum atomic E-state index is 0.235. The van der Waals surface area contributed by atoms with Crippen LogP contribution in [0.5, 0.6) is 0 Å². The van der Waals surface area contributed by atoms with Gasteiger partial charge in [-0.3, -0.25) is 4.90 Å². The summed E-state index contributed by atoms with van der Waals surface area (Å²) in [7, 11) is 0. The minimum absolute atomic E-state index is 0.235. The van der Waals surface area contributed by atoms with Gasteiger partial charge in [-0.2, -0.15) is 0 Å². The Morgan fingerprint density at radius 3 is 2.20 bits per heavy atom. The molecule has 0 saturated carbocycles. The lowest BCUT2D eigenvalue weighted by Gasteiger charge is -2.19. The van der Waals surface area contributed by atoms with Crippen molar-refractivity contribution >= 4 is 0 Å². The lowest BCUT2D eigenvalue weighted by Crippen LogP contribution is -2.26. The van der Waals surface area contributed by atoms with Gasteiger partial charge in [-0.1, -0.05) is 36.2 Å². The Morgan fingerprint density at radius 1 is 1.13 bits per heavy atom. The van der Waals surface area contributed by atoms with Crippen molar-refractivity contribution in [2.75, 3.05) is 19.7 Å². The zero-order valence-corrected chi connectivity index (χ0v) is 9.95. The number of hydrogen-bond acceptors (Lipinski definition) is 2. The van der Waals surface area contributed by atoms with E-state index in [-0.39, 0.29) is 6.61 Å². The molecular formula is C13H21NO. The van der Waals surface area contributed by atoms with Gasteiger partial charge in [0.1, 0.15) is 0 Å². The second-order valence-electron chi connectivity index (χ2n) is 4.09. The highest BCUT2D eigenvalue weighted by molar-refractivity contribution is 5.28. The van der Waals surface area contributed by atoms with Gasteiger partial charge in [-0.15, -0.1) is 0 Å². The number of aliphatic hydroxyl groups excluding tert-OH is 1. The van der Waals surface area contributed by atoms with Crippen molar-refractivity contribution in [3.8, 4) is 0 Å². The van der Waals surface area contributed by atoms with Gasteiger partial charge >= 0.3 is 0 Å². The number of nitrogens with zero attached hydrogens (tertiary/aromatic N) is 1. The molecule has 84 valence electrons. The Labute approximate surface area is 92.5 Å². The van der Waals surface area contributed by atoms with Crippen LogP contribution in [-0.2, 0) is 6.54 Å². The zero-order valence-electron chi connectivity index (χ0n) is 9.95. The summed E-state index contributed by atoms with van der Waals surface area (Å²) in [5.74, 6) is 0. The van der Waals surface area contributed by atoms with Crippen LogP contribution in [0.3, 0.4) is 0 Å². The number of hydrogen-bond donors (Lipinski definition) is 1. The third-order valence-corrected chi connectivity index (χ3v) is 2.55. The monoisotopic (exact) mass is 207 g/mol. The quantitative estimate of drug-likeness (QED) is 0.799. The third kappa shape index (κ3) is 4.02. The normalized spacial score (nSPS) is 11.0. The average Bonchev–Trinajstić information content (AvgIpc) is 2.15. The Morgan fingerprint density at radius 2 is 1.73 bits per heavy atom. The van der Waals surface area contributed by atoms with Crippen LogP contribution in [0.2, 0.25) is 0 Å². The Hall–Kier alpha value is -0.860. The van der Waals surface area contributed by atoms with Gasteiger partial charge in [0.05, 0.1) is 6.61 Å². The van der Waals surface area contributed by atoms with E-state index in [0.29, 0.717) is 0 Å². The molecule has 0 aliphatic carbocycles. The van der Waals surface area contributed by atoms with Gasteiger partial charge in [-0.25, -0.2) is 0 Å². The first-order chi connectivity index (χ1) is 7.15. The maximum Gasteiger partial charge on any atom is 0.0558 e. The lowest BCUT2D eigenvalue weighted by atomic mass is 10.1. The van der Waals surface area contributed by atoms with E-state index in [4.69, 9.17) is 5.11 Å². The van der Waals surface area contributed by atoms with Crippen LogP contribution in [0.4, 0.5) is 0 Å². The van der Waals surface area contributed by atoms with Gasteiger partial charge in [-0.05, 0) is 26.0 Å². The fraction of sp³-hybridized carbons (Fsp3) is 0.538. The van der Waals surface area contributed by atoms with E-state index in [0.717, 1.165) is 19.6 Å². The highest BCUT2D eigenvalue weighted by Crippen LogP contribution is 2.11. The lowest BCUT2D eigenvalue weighted by molar-refractivity contribution is 0.197. The SMILES string of the molecule is CCN(CCO)Cc1cc(C)cc(C)c1. The molecule has 15 heavy (non-hydrogen) atoms. The summed E-state index contributed by atoms with van der Waals surface area (Å²) in [5.41, 5.74) is 3.96. The first-order valence-corrected chi connectivity index (χ1v) is 5.56. The minimum Gasteiger partial charge on any atom is -0.395 e. The fourth-order valence-electron chi connectivity index (χ4n) is 1.91. The molecule has 0 heterocycles. The first kappa shape index (κ1) is 12.2. The molecule has 0 unspecified atom stereocenters. The van der Waals surface area contributed by atoms with E-state index in [1.807, 2.05) is 0 Å². The number of rotatable bonds is 5. The molecule has 0 spiro atoms. The largest absolute Gasteiger partial charge is 0.395 e. The van der Waals surface area contributed by atoms with E-state index in [1.54, 1.807) is 0 Å². The van der Waals surface area contributed by atoms with E-state index < -0.39 is 0 Å². The summed E-state index contributed by atoms with van der Waals surface area (Å²) < 4.78 is 0. The van der Waals surface area contributed by atoms with Crippen molar-refractivity contribution in [2.24, 2.45) is 0 Å². The van der Waals surface area contributed by atoms with Crippen molar-refractivity contribution in [3.05, 3.63) is 34.9 Å². The average molecular weight is 207 g/mol. The second kappa shape index (κ2) is 5.89. The van der Waals surface area contributed by atoms with Gasteiger partial charge < -0.3 is 5.11 Å². The molecular weight excluding hydrogens is 186 g/mol. The third-order valence-electron chi connectivity index (χ3n) is 2.55. The zero-order chi connectivity index (χ0) is 11.3. The molecule has 1 aromatic rings. The van der Waals surface area contributed by atoms with Crippen LogP contribution in [0, 0.1) is 13.8 Å². The van der Waals surface area contributed by atoms with Crippen LogP contribution >= 0.6 is 0 Å². The topological polar surface area (TPSA) is 23.5 Å². The molecule has 2 heteroatoms. The molecule has 1 aromatic carbocycles. The molecule has 1 rings (SSSR count). The predicted molar refractivity (Wildman–Crippen MR) is 64.0 cm³/mol. The summed E-state index contributed by atoms with van der Waals surface area (Å²) in [5, 5.41) is 8.91. The first-order valence-electron chi connectivity index (χ1n) is 5.56. The number of benzene rings is 1. The Balaban J connectivity index is 2.69. The van der Waals surface area contributed by atoms with Gasteiger partial charge in [0.25, 0.3) is 0 Å². The highest BCUT2D eigenvalue weighted by atomic mass is 16.3. The number of likely N-dealkylation sites (N-methyl/N-ethyl adjacent to an activating group) is 1. The Bertz CT molecular complexity index is 289. The predicted octanol–water partition coefficient (Wildman–Crippen LogP) is 2.12. The van der Waals surface area contributed by atoms with Crippen LogP contribution < -0.4 is 0 Å². The molecule has 0 aromatic heterocycles.